The van der Waals surface area contributed by atoms with Crippen LogP contribution in [-0.4, -0.2) is 31.7 Å². The maximum Gasteiger partial charge on any atom is 0.255 e. The Kier molecular flexibility index (Phi) is 5.53. The summed E-state index contributed by atoms with van der Waals surface area (Å²) in [6.45, 7) is 4.68. The summed E-state index contributed by atoms with van der Waals surface area (Å²) in [6, 6.07) is 10.1. The van der Waals surface area contributed by atoms with Crippen molar-refractivity contribution < 1.29 is 13.2 Å². The second-order valence-corrected chi connectivity index (χ2v) is 8.88. The van der Waals surface area contributed by atoms with E-state index in [1.54, 1.807) is 31.2 Å². The fourth-order valence-electron chi connectivity index (χ4n) is 3.23. The van der Waals surface area contributed by atoms with Crippen LogP contribution in [0.15, 0.2) is 41.3 Å². The number of hydrogen-bond acceptors (Lipinski definition) is 4. The number of aryl methyl sites for hydroxylation is 2. The number of carbonyl (C=O) groups is 1. The Morgan fingerprint density at radius 1 is 1.00 bits per heavy atom. The fourth-order valence-corrected chi connectivity index (χ4v) is 5.00. The molecule has 6 nitrogen and oxygen atoms in total. The first kappa shape index (κ1) is 19.4. The molecule has 0 spiro atoms. The molecule has 144 valence electrons. The van der Waals surface area contributed by atoms with Gasteiger partial charge in [0, 0.05) is 30.0 Å². The van der Waals surface area contributed by atoms with E-state index >= 15 is 0 Å². The third kappa shape index (κ3) is 4.14. The van der Waals surface area contributed by atoms with Gasteiger partial charge in [0.25, 0.3) is 5.91 Å². The van der Waals surface area contributed by atoms with Gasteiger partial charge >= 0.3 is 0 Å². The van der Waals surface area contributed by atoms with E-state index in [0.717, 1.165) is 24.8 Å². The van der Waals surface area contributed by atoms with Crippen molar-refractivity contribution in [3.63, 3.8) is 0 Å². The lowest BCUT2D eigenvalue weighted by Gasteiger charge is -2.26. The van der Waals surface area contributed by atoms with E-state index < -0.39 is 10.0 Å². The van der Waals surface area contributed by atoms with Crippen LogP contribution in [0.4, 0.5) is 11.4 Å². The highest BCUT2D eigenvalue weighted by Crippen LogP contribution is 2.25. The molecule has 0 unspecified atom stereocenters. The van der Waals surface area contributed by atoms with Crippen molar-refractivity contribution in [1.82, 2.24) is 4.31 Å². The first-order chi connectivity index (χ1) is 12.8. The monoisotopic (exact) mass is 387 g/mol. The molecule has 7 heteroatoms. The predicted octanol–water partition coefficient (Wildman–Crippen LogP) is 3.31. The van der Waals surface area contributed by atoms with Crippen LogP contribution in [0.2, 0.25) is 0 Å². The highest BCUT2D eigenvalue weighted by molar-refractivity contribution is 7.89. The van der Waals surface area contributed by atoms with Crippen molar-refractivity contribution >= 4 is 27.3 Å². The Balaban J connectivity index is 1.90. The summed E-state index contributed by atoms with van der Waals surface area (Å²) in [7, 11) is -3.60. The van der Waals surface area contributed by atoms with E-state index in [1.807, 2.05) is 13.0 Å². The Morgan fingerprint density at radius 3 is 2.37 bits per heavy atom. The molecule has 1 amide bonds. The number of anilines is 2. The van der Waals surface area contributed by atoms with Crippen LogP contribution in [0.5, 0.6) is 0 Å². The van der Waals surface area contributed by atoms with E-state index in [-0.39, 0.29) is 10.8 Å². The number of nitrogens with zero attached hydrogens (tertiary/aromatic N) is 1. The Labute approximate surface area is 160 Å². The summed E-state index contributed by atoms with van der Waals surface area (Å²) in [5.74, 6) is -0.362. The zero-order valence-corrected chi connectivity index (χ0v) is 16.5. The molecule has 27 heavy (non-hydrogen) atoms. The van der Waals surface area contributed by atoms with Gasteiger partial charge in [-0.15, -0.1) is 0 Å². The molecule has 0 saturated carbocycles. The second-order valence-electron chi connectivity index (χ2n) is 6.97. The molecule has 1 heterocycles. The van der Waals surface area contributed by atoms with Crippen LogP contribution in [0, 0.1) is 13.8 Å². The molecule has 1 fully saturated rings. The SMILES string of the molecule is Cc1ccc(N)cc1NC(=O)c1ccc(C)c(S(=O)(=O)N2CCCCC2)c1. The molecule has 0 aromatic heterocycles. The first-order valence-corrected chi connectivity index (χ1v) is 10.5. The van der Waals surface area contributed by atoms with Crippen LogP contribution in [0.25, 0.3) is 0 Å². The Hall–Kier alpha value is -2.38. The number of hydrogen-bond donors (Lipinski definition) is 2. The molecule has 0 aliphatic carbocycles. The molecule has 1 aliphatic heterocycles. The third-order valence-corrected chi connectivity index (χ3v) is 6.93. The molecule has 2 aromatic rings. The van der Waals surface area contributed by atoms with Crippen molar-refractivity contribution in [3.8, 4) is 0 Å². The minimum Gasteiger partial charge on any atom is -0.399 e. The lowest BCUT2D eigenvalue weighted by molar-refractivity contribution is 0.102. The van der Waals surface area contributed by atoms with E-state index in [1.165, 1.54) is 10.4 Å². The van der Waals surface area contributed by atoms with Gasteiger partial charge in [0.15, 0.2) is 0 Å². The number of amides is 1. The highest BCUT2D eigenvalue weighted by atomic mass is 32.2. The lowest BCUT2D eigenvalue weighted by atomic mass is 10.1. The number of piperidine rings is 1. The smallest absolute Gasteiger partial charge is 0.255 e. The summed E-state index contributed by atoms with van der Waals surface area (Å²) in [5, 5.41) is 2.82. The first-order valence-electron chi connectivity index (χ1n) is 9.07. The maximum atomic E-state index is 13.0. The Morgan fingerprint density at radius 2 is 1.67 bits per heavy atom. The van der Waals surface area contributed by atoms with Crippen molar-refractivity contribution in [3.05, 3.63) is 53.1 Å². The number of nitrogen functional groups attached to an aromatic ring is 1. The van der Waals surface area contributed by atoms with Crippen LogP contribution >= 0.6 is 0 Å². The molecule has 0 atom stereocenters. The highest BCUT2D eigenvalue weighted by Gasteiger charge is 2.28. The van der Waals surface area contributed by atoms with Crippen molar-refractivity contribution in [2.24, 2.45) is 0 Å². The molecule has 3 N–H and O–H groups in total. The molecular formula is C20H25N3O3S. The van der Waals surface area contributed by atoms with E-state index in [9.17, 15) is 13.2 Å². The molecule has 0 bridgehead atoms. The topological polar surface area (TPSA) is 92.5 Å². The van der Waals surface area contributed by atoms with Gasteiger partial charge in [-0.1, -0.05) is 18.6 Å². The van der Waals surface area contributed by atoms with E-state index in [2.05, 4.69) is 5.32 Å². The standard InChI is InChI=1S/C20H25N3O3S/c1-14-7-9-17(21)13-18(14)22-20(24)16-8-6-15(2)19(12-16)27(25,26)23-10-4-3-5-11-23/h6-9,12-13H,3-5,10-11,21H2,1-2H3,(H,22,24). The molecule has 1 saturated heterocycles. The van der Waals surface area contributed by atoms with Gasteiger partial charge in [-0.05, 0) is 62.1 Å². The fraction of sp³-hybridized carbons (Fsp3) is 0.350. The van der Waals surface area contributed by atoms with E-state index in [4.69, 9.17) is 5.73 Å². The van der Waals surface area contributed by atoms with Gasteiger partial charge in [0.05, 0.1) is 4.90 Å². The predicted molar refractivity (Wildman–Crippen MR) is 107 cm³/mol. The maximum absolute atomic E-state index is 13.0. The van der Waals surface area contributed by atoms with Crippen molar-refractivity contribution in [2.75, 3.05) is 24.1 Å². The van der Waals surface area contributed by atoms with Gasteiger partial charge in [-0.3, -0.25) is 4.79 Å². The molecule has 3 rings (SSSR count). The Bertz CT molecular complexity index is 964. The minimum atomic E-state index is -3.60. The zero-order valence-electron chi connectivity index (χ0n) is 15.7. The summed E-state index contributed by atoms with van der Waals surface area (Å²) in [4.78, 5) is 12.9. The largest absolute Gasteiger partial charge is 0.399 e. The van der Waals surface area contributed by atoms with Gasteiger partial charge < -0.3 is 11.1 Å². The minimum absolute atomic E-state index is 0.196. The molecule has 2 aromatic carbocycles. The van der Waals surface area contributed by atoms with Crippen molar-refractivity contribution in [1.29, 1.82) is 0 Å². The summed E-state index contributed by atoms with van der Waals surface area (Å²) in [5.41, 5.74) is 8.77. The zero-order chi connectivity index (χ0) is 19.6. The number of sulfonamides is 1. The number of nitrogens with one attached hydrogen (secondary N) is 1. The molecular weight excluding hydrogens is 362 g/mol. The van der Waals surface area contributed by atoms with Crippen molar-refractivity contribution in [2.45, 2.75) is 38.0 Å². The van der Waals surface area contributed by atoms with Crippen LogP contribution in [0.3, 0.4) is 0 Å². The summed E-state index contributed by atoms with van der Waals surface area (Å²) >= 11 is 0. The van der Waals surface area contributed by atoms with Gasteiger partial charge in [0.2, 0.25) is 10.0 Å². The normalized spacial score (nSPS) is 15.5. The van der Waals surface area contributed by atoms with Gasteiger partial charge in [-0.2, -0.15) is 4.31 Å². The quantitative estimate of drug-likeness (QED) is 0.787. The average Bonchev–Trinajstić information content (AvgIpc) is 2.65. The van der Waals surface area contributed by atoms with Crippen LogP contribution < -0.4 is 11.1 Å². The number of benzene rings is 2. The van der Waals surface area contributed by atoms with Crippen LogP contribution in [-0.2, 0) is 10.0 Å². The number of carbonyl (C=O) groups excluding carboxylic acids is 1. The van der Waals surface area contributed by atoms with E-state index in [0.29, 0.717) is 35.6 Å². The van der Waals surface area contributed by atoms with Gasteiger partial charge in [-0.25, -0.2) is 8.42 Å². The lowest BCUT2D eigenvalue weighted by Crippen LogP contribution is -2.36. The average molecular weight is 388 g/mol. The second kappa shape index (κ2) is 7.70. The summed E-state index contributed by atoms with van der Waals surface area (Å²) < 4.78 is 27.6. The molecule has 0 radical (unpaired) electrons. The van der Waals surface area contributed by atoms with Gasteiger partial charge in [0.1, 0.15) is 0 Å². The molecule has 1 aliphatic rings. The third-order valence-electron chi connectivity index (χ3n) is 4.89. The van der Waals surface area contributed by atoms with Crippen LogP contribution in [0.1, 0.15) is 40.7 Å². The number of rotatable bonds is 4. The number of nitrogens with two attached hydrogens (primary N) is 1. The summed E-state index contributed by atoms with van der Waals surface area (Å²) in [6.07, 6.45) is 2.79.